The van der Waals surface area contributed by atoms with Gasteiger partial charge in [0.25, 0.3) is 0 Å². The van der Waals surface area contributed by atoms with E-state index in [0.29, 0.717) is 11.4 Å². The van der Waals surface area contributed by atoms with Crippen molar-refractivity contribution in [1.82, 2.24) is 0 Å². The second-order valence-corrected chi connectivity index (χ2v) is 1.63. The molecule has 0 aliphatic carbocycles. The third-order valence-electron chi connectivity index (χ3n) is 0.996. The molecule has 10 heavy (non-hydrogen) atoms. The highest BCUT2D eigenvalue weighted by atomic mass is 32.1. The van der Waals surface area contributed by atoms with E-state index >= 15 is 0 Å². The molecule has 0 radical (unpaired) electrons. The van der Waals surface area contributed by atoms with Gasteiger partial charge in [-0.3, -0.25) is 0 Å². The Morgan fingerprint density at radius 2 is 1.30 bits per heavy atom. The highest BCUT2D eigenvalue weighted by molar-refractivity contribution is 7.79. The van der Waals surface area contributed by atoms with Gasteiger partial charge < -0.3 is 11.5 Å². The monoisotopic (exact) mass is 156 g/mol. The number of benzene rings is 1. The Bertz CT molecular complexity index is 168. The molecule has 4 N–H and O–H groups in total. The number of thiol groups is 1. The Morgan fingerprint density at radius 1 is 1.00 bits per heavy atom. The molecule has 0 unspecified atom stereocenters. The summed E-state index contributed by atoms with van der Waals surface area (Å²) in [6.45, 7) is 0. The van der Waals surface area contributed by atoms with Gasteiger partial charge in [-0.2, -0.15) is 12.6 Å². The SMILES string of the molecule is CS.Nc1ccccc1N. The lowest BCUT2D eigenvalue weighted by atomic mass is 10.3. The molecule has 1 rings (SSSR count). The van der Waals surface area contributed by atoms with E-state index in [1.165, 1.54) is 0 Å². The summed E-state index contributed by atoms with van der Waals surface area (Å²) in [6, 6.07) is 7.25. The van der Waals surface area contributed by atoms with Crippen LogP contribution in [0.5, 0.6) is 0 Å². The van der Waals surface area contributed by atoms with Crippen molar-refractivity contribution in [1.29, 1.82) is 0 Å². The molecular weight excluding hydrogens is 144 g/mol. The number of hydrogen-bond acceptors (Lipinski definition) is 3. The fraction of sp³-hybridized carbons (Fsp3) is 0.143. The van der Waals surface area contributed by atoms with Crippen molar-refractivity contribution in [3.8, 4) is 0 Å². The van der Waals surface area contributed by atoms with Gasteiger partial charge in [-0.15, -0.1) is 0 Å². The summed E-state index contributed by atoms with van der Waals surface area (Å²) in [6.07, 6.45) is 1.69. The zero-order chi connectivity index (χ0) is 7.98. The zero-order valence-corrected chi connectivity index (χ0v) is 6.81. The van der Waals surface area contributed by atoms with Crippen LogP contribution in [0.1, 0.15) is 0 Å². The summed E-state index contributed by atoms with van der Waals surface area (Å²) in [7, 11) is 0. The molecule has 0 heterocycles. The second-order valence-electron chi connectivity index (χ2n) is 1.63. The number of anilines is 2. The van der Waals surface area contributed by atoms with Crippen molar-refractivity contribution in [2.24, 2.45) is 0 Å². The number of nitrogens with two attached hydrogens (primary N) is 2. The maximum atomic E-state index is 5.39. The average Bonchev–Trinajstić information content (AvgIpc) is 2.00. The van der Waals surface area contributed by atoms with Gasteiger partial charge in [0.2, 0.25) is 0 Å². The lowest BCUT2D eigenvalue weighted by molar-refractivity contribution is 1.67. The Balaban J connectivity index is 0.000000371. The van der Waals surface area contributed by atoms with E-state index in [4.69, 9.17) is 11.5 Å². The number of nitrogen functional groups attached to an aromatic ring is 2. The van der Waals surface area contributed by atoms with Gasteiger partial charge >= 0.3 is 0 Å². The summed E-state index contributed by atoms with van der Waals surface area (Å²) in [5.41, 5.74) is 12.1. The van der Waals surface area contributed by atoms with Crippen molar-refractivity contribution in [2.75, 3.05) is 17.7 Å². The van der Waals surface area contributed by atoms with Crippen LogP contribution in [0.25, 0.3) is 0 Å². The van der Waals surface area contributed by atoms with Crippen molar-refractivity contribution < 1.29 is 0 Å². The van der Waals surface area contributed by atoms with E-state index in [-0.39, 0.29) is 0 Å². The fourth-order valence-corrected chi connectivity index (χ4v) is 0.511. The van der Waals surface area contributed by atoms with Gasteiger partial charge in [0, 0.05) is 0 Å². The molecule has 0 atom stereocenters. The molecule has 0 amide bonds. The van der Waals surface area contributed by atoms with Gasteiger partial charge in [-0.25, -0.2) is 0 Å². The van der Waals surface area contributed by atoms with E-state index in [1.54, 1.807) is 18.4 Å². The Hall–Kier alpha value is -0.830. The first-order valence-electron chi connectivity index (χ1n) is 2.85. The first-order valence-corrected chi connectivity index (χ1v) is 3.75. The predicted octanol–water partition coefficient (Wildman–Crippen LogP) is 1.40. The summed E-state index contributed by atoms with van der Waals surface area (Å²) in [5.74, 6) is 0. The van der Waals surface area contributed by atoms with Crippen LogP contribution in [0.2, 0.25) is 0 Å². The highest BCUT2D eigenvalue weighted by Gasteiger charge is 1.85. The van der Waals surface area contributed by atoms with Gasteiger partial charge in [0.05, 0.1) is 11.4 Å². The molecule has 1 aromatic rings. The Kier molecular flexibility index (Phi) is 4.58. The van der Waals surface area contributed by atoms with Crippen molar-refractivity contribution in [3.05, 3.63) is 24.3 Å². The highest BCUT2D eigenvalue weighted by Crippen LogP contribution is 2.10. The number of rotatable bonds is 0. The topological polar surface area (TPSA) is 52.0 Å². The van der Waals surface area contributed by atoms with Gasteiger partial charge in [0.15, 0.2) is 0 Å². The molecule has 0 aromatic heterocycles. The predicted molar refractivity (Wildman–Crippen MR) is 50.2 cm³/mol. The molecule has 2 nitrogen and oxygen atoms in total. The van der Waals surface area contributed by atoms with Crippen LogP contribution in [-0.2, 0) is 0 Å². The van der Waals surface area contributed by atoms with Crippen LogP contribution < -0.4 is 11.5 Å². The Morgan fingerprint density at radius 3 is 1.50 bits per heavy atom. The maximum Gasteiger partial charge on any atom is 0.0547 e. The van der Waals surface area contributed by atoms with Crippen LogP contribution in [0.3, 0.4) is 0 Å². The van der Waals surface area contributed by atoms with Crippen LogP contribution in [0.15, 0.2) is 24.3 Å². The fourth-order valence-electron chi connectivity index (χ4n) is 0.511. The second kappa shape index (κ2) is 4.99. The van der Waals surface area contributed by atoms with Crippen molar-refractivity contribution in [3.63, 3.8) is 0 Å². The lowest BCUT2D eigenvalue weighted by Gasteiger charge is -1.94. The van der Waals surface area contributed by atoms with E-state index in [1.807, 2.05) is 12.1 Å². The summed E-state index contributed by atoms with van der Waals surface area (Å²) >= 11 is 3.53. The average molecular weight is 156 g/mol. The van der Waals surface area contributed by atoms with Crippen molar-refractivity contribution >= 4 is 24.0 Å². The number of para-hydroxylation sites is 2. The molecule has 56 valence electrons. The van der Waals surface area contributed by atoms with Crippen LogP contribution in [0, 0.1) is 0 Å². The molecule has 0 spiro atoms. The first kappa shape index (κ1) is 9.17. The van der Waals surface area contributed by atoms with Crippen LogP contribution >= 0.6 is 12.6 Å². The molecule has 0 aliphatic heterocycles. The summed E-state index contributed by atoms with van der Waals surface area (Å²) in [5, 5.41) is 0. The molecule has 0 saturated carbocycles. The molecule has 1 aromatic carbocycles. The lowest BCUT2D eigenvalue weighted by Crippen LogP contribution is -1.91. The van der Waals surface area contributed by atoms with E-state index in [9.17, 15) is 0 Å². The minimum absolute atomic E-state index is 0.646. The Labute approximate surface area is 66.6 Å². The molecule has 0 fully saturated rings. The quantitative estimate of drug-likeness (QED) is 0.393. The van der Waals surface area contributed by atoms with Gasteiger partial charge in [0.1, 0.15) is 0 Å². The number of hydrogen-bond donors (Lipinski definition) is 3. The van der Waals surface area contributed by atoms with Crippen molar-refractivity contribution in [2.45, 2.75) is 0 Å². The molecule has 0 aliphatic rings. The minimum Gasteiger partial charge on any atom is -0.397 e. The minimum atomic E-state index is 0.646. The smallest absolute Gasteiger partial charge is 0.0547 e. The largest absolute Gasteiger partial charge is 0.397 e. The molecule has 0 bridgehead atoms. The molecule has 3 heteroatoms. The van der Waals surface area contributed by atoms with Gasteiger partial charge in [-0.1, -0.05) is 12.1 Å². The zero-order valence-electron chi connectivity index (χ0n) is 5.91. The van der Waals surface area contributed by atoms with E-state index < -0.39 is 0 Å². The first-order chi connectivity index (χ1) is 4.80. The third kappa shape index (κ3) is 2.64. The van der Waals surface area contributed by atoms with Crippen LogP contribution in [-0.4, -0.2) is 6.26 Å². The third-order valence-corrected chi connectivity index (χ3v) is 0.996. The standard InChI is InChI=1S/C6H8N2.CH4S/c7-5-3-1-2-4-6(5)8;1-2/h1-4H,7-8H2;2H,1H3. The van der Waals surface area contributed by atoms with E-state index in [2.05, 4.69) is 12.6 Å². The van der Waals surface area contributed by atoms with E-state index in [0.717, 1.165) is 0 Å². The summed E-state index contributed by atoms with van der Waals surface area (Å²) < 4.78 is 0. The molecular formula is C7H12N2S. The molecule has 0 saturated heterocycles. The maximum absolute atomic E-state index is 5.39. The van der Waals surface area contributed by atoms with Crippen LogP contribution in [0.4, 0.5) is 11.4 Å². The normalized spacial score (nSPS) is 7.80. The summed E-state index contributed by atoms with van der Waals surface area (Å²) in [4.78, 5) is 0. The van der Waals surface area contributed by atoms with Gasteiger partial charge in [-0.05, 0) is 18.4 Å².